The van der Waals surface area contributed by atoms with Crippen LogP contribution in [-0.4, -0.2) is 41.9 Å². The van der Waals surface area contributed by atoms with Gasteiger partial charge in [-0.05, 0) is 23.8 Å². The molecule has 120 valence electrons. The van der Waals surface area contributed by atoms with Crippen molar-refractivity contribution in [2.75, 3.05) is 26.2 Å². The molecule has 5 heteroatoms. The quantitative estimate of drug-likeness (QED) is 0.869. The van der Waals surface area contributed by atoms with E-state index in [0.29, 0.717) is 13.1 Å². The van der Waals surface area contributed by atoms with Gasteiger partial charge in [0, 0.05) is 38.3 Å². The van der Waals surface area contributed by atoms with Gasteiger partial charge in [0.05, 0.1) is 0 Å². The summed E-state index contributed by atoms with van der Waals surface area (Å²) < 4.78 is 26.2. The molecule has 1 aliphatic rings. The summed E-state index contributed by atoms with van der Waals surface area (Å²) in [6.45, 7) is 3.57. The molecule has 1 saturated heterocycles. The molecule has 0 aromatic heterocycles. The van der Waals surface area contributed by atoms with Crippen LogP contribution in [0.15, 0.2) is 48.5 Å². The summed E-state index contributed by atoms with van der Waals surface area (Å²) in [6.07, 6.45) is 0. The lowest BCUT2D eigenvalue weighted by molar-refractivity contribution is 0.0628. The number of carbonyl (C=O) groups excluding carboxylic acids is 1. The van der Waals surface area contributed by atoms with Gasteiger partial charge in [0.2, 0.25) is 0 Å². The number of hydrogen-bond acceptors (Lipinski definition) is 2. The molecule has 1 aliphatic heterocycles. The first-order valence-corrected chi connectivity index (χ1v) is 7.64. The van der Waals surface area contributed by atoms with Crippen LogP contribution >= 0.6 is 0 Å². The Morgan fingerprint density at radius 3 is 2.26 bits per heavy atom. The van der Waals surface area contributed by atoms with Gasteiger partial charge in [-0.25, -0.2) is 8.78 Å². The van der Waals surface area contributed by atoms with E-state index in [1.807, 2.05) is 18.2 Å². The van der Waals surface area contributed by atoms with Crippen molar-refractivity contribution in [2.45, 2.75) is 6.54 Å². The molecule has 3 nitrogen and oxygen atoms in total. The second-order valence-corrected chi connectivity index (χ2v) is 5.68. The topological polar surface area (TPSA) is 23.6 Å². The van der Waals surface area contributed by atoms with E-state index >= 15 is 0 Å². The van der Waals surface area contributed by atoms with Crippen molar-refractivity contribution in [1.82, 2.24) is 9.80 Å². The maximum Gasteiger partial charge on any atom is 0.254 e. The van der Waals surface area contributed by atoms with Crippen LogP contribution in [0.25, 0.3) is 0 Å². The highest BCUT2D eigenvalue weighted by Gasteiger charge is 2.22. The van der Waals surface area contributed by atoms with Gasteiger partial charge in [0.1, 0.15) is 0 Å². The van der Waals surface area contributed by atoms with Crippen LogP contribution in [0.3, 0.4) is 0 Å². The Hall–Kier alpha value is -2.27. The largest absolute Gasteiger partial charge is 0.336 e. The second-order valence-electron chi connectivity index (χ2n) is 5.68. The van der Waals surface area contributed by atoms with Crippen molar-refractivity contribution in [3.8, 4) is 0 Å². The van der Waals surface area contributed by atoms with Gasteiger partial charge in [0.15, 0.2) is 11.6 Å². The van der Waals surface area contributed by atoms with Crippen LogP contribution in [0.1, 0.15) is 15.9 Å². The standard InChI is InChI=1S/C18H18F2N2O/c19-16-7-6-15(12-17(16)20)18(23)22-10-8-21(9-11-22)13-14-4-2-1-3-5-14/h1-7,12H,8-11,13H2. The first-order chi connectivity index (χ1) is 11.1. The lowest BCUT2D eigenvalue weighted by Gasteiger charge is -2.34. The van der Waals surface area contributed by atoms with E-state index in [0.717, 1.165) is 31.8 Å². The molecule has 0 radical (unpaired) electrons. The molecular weight excluding hydrogens is 298 g/mol. The molecule has 23 heavy (non-hydrogen) atoms. The number of amides is 1. The molecule has 0 atom stereocenters. The zero-order valence-electron chi connectivity index (χ0n) is 12.7. The highest BCUT2D eigenvalue weighted by Crippen LogP contribution is 2.14. The Labute approximate surface area is 134 Å². The molecule has 2 aromatic rings. The minimum absolute atomic E-state index is 0.195. The molecule has 1 heterocycles. The van der Waals surface area contributed by atoms with Crippen molar-refractivity contribution in [2.24, 2.45) is 0 Å². The summed E-state index contributed by atoms with van der Waals surface area (Å²) in [5.41, 5.74) is 1.44. The zero-order chi connectivity index (χ0) is 16.2. The average molecular weight is 316 g/mol. The van der Waals surface area contributed by atoms with Crippen molar-refractivity contribution >= 4 is 5.91 Å². The molecule has 1 amide bonds. The Bertz CT molecular complexity index is 683. The maximum absolute atomic E-state index is 13.3. The average Bonchev–Trinajstić information content (AvgIpc) is 2.58. The van der Waals surface area contributed by atoms with E-state index in [-0.39, 0.29) is 11.5 Å². The van der Waals surface area contributed by atoms with E-state index in [1.165, 1.54) is 11.6 Å². The van der Waals surface area contributed by atoms with E-state index < -0.39 is 11.6 Å². The summed E-state index contributed by atoms with van der Waals surface area (Å²) in [6, 6.07) is 13.5. The third kappa shape index (κ3) is 3.74. The summed E-state index contributed by atoms with van der Waals surface area (Å²) >= 11 is 0. The normalized spacial score (nSPS) is 15.7. The number of rotatable bonds is 3. The van der Waals surface area contributed by atoms with Gasteiger partial charge >= 0.3 is 0 Å². The minimum atomic E-state index is -0.987. The maximum atomic E-state index is 13.3. The molecule has 1 fully saturated rings. The summed E-state index contributed by atoms with van der Waals surface area (Å²) in [4.78, 5) is 16.3. The lowest BCUT2D eigenvalue weighted by atomic mass is 10.1. The van der Waals surface area contributed by atoms with Gasteiger partial charge in [-0.15, -0.1) is 0 Å². The molecule has 0 N–H and O–H groups in total. The molecule has 0 saturated carbocycles. The van der Waals surface area contributed by atoms with Crippen molar-refractivity contribution in [1.29, 1.82) is 0 Å². The molecule has 0 spiro atoms. The van der Waals surface area contributed by atoms with Gasteiger partial charge in [-0.3, -0.25) is 9.69 Å². The zero-order valence-corrected chi connectivity index (χ0v) is 12.7. The molecular formula is C18H18F2N2O. The lowest BCUT2D eigenvalue weighted by Crippen LogP contribution is -2.48. The van der Waals surface area contributed by atoms with Gasteiger partial charge in [0.25, 0.3) is 5.91 Å². The Morgan fingerprint density at radius 2 is 1.61 bits per heavy atom. The molecule has 0 aliphatic carbocycles. The fraction of sp³-hybridized carbons (Fsp3) is 0.278. The highest BCUT2D eigenvalue weighted by molar-refractivity contribution is 5.94. The SMILES string of the molecule is O=C(c1ccc(F)c(F)c1)N1CCN(Cc2ccccc2)CC1. The fourth-order valence-electron chi connectivity index (χ4n) is 2.76. The van der Waals surface area contributed by atoms with Crippen molar-refractivity contribution in [3.63, 3.8) is 0 Å². The summed E-state index contributed by atoms with van der Waals surface area (Å²) in [5, 5.41) is 0. The molecule has 3 rings (SSSR count). The number of halogens is 2. The van der Waals surface area contributed by atoms with Crippen LogP contribution in [0, 0.1) is 11.6 Å². The van der Waals surface area contributed by atoms with E-state index in [9.17, 15) is 13.6 Å². The smallest absolute Gasteiger partial charge is 0.254 e. The molecule has 0 unspecified atom stereocenters. The van der Waals surface area contributed by atoms with E-state index in [4.69, 9.17) is 0 Å². The van der Waals surface area contributed by atoms with Crippen LogP contribution in [0.5, 0.6) is 0 Å². The number of carbonyl (C=O) groups is 1. The van der Waals surface area contributed by atoms with Crippen molar-refractivity contribution < 1.29 is 13.6 Å². The van der Waals surface area contributed by atoms with Crippen LogP contribution in [0.4, 0.5) is 8.78 Å². The number of piperazine rings is 1. The van der Waals surface area contributed by atoms with Gasteiger partial charge < -0.3 is 4.90 Å². The summed E-state index contributed by atoms with van der Waals surface area (Å²) in [5.74, 6) is -2.17. The minimum Gasteiger partial charge on any atom is -0.336 e. The van der Waals surface area contributed by atoms with Crippen LogP contribution in [0.2, 0.25) is 0 Å². The third-order valence-corrected chi connectivity index (χ3v) is 4.08. The first kappa shape index (κ1) is 15.6. The fourth-order valence-corrected chi connectivity index (χ4v) is 2.76. The third-order valence-electron chi connectivity index (χ3n) is 4.08. The number of nitrogens with zero attached hydrogens (tertiary/aromatic N) is 2. The highest BCUT2D eigenvalue weighted by atomic mass is 19.2. The van der Waals surface area contributed by atoms with Gasteiger partial charge in [-0.1, -0.05) is 30.3 Å². The number of benzene rings is 2. The molecule has 0 bridgehead atoms. The van der Waals surface area contributed by atoms with Gasteiger partial charge in [-0.2, -0.15) is 0 Å². The first-order valence-electron chi connectivity index (χ1n) is 7.64. The number of hydrogen-bond donors (Lipinski definition) is 0. The Balaban J connectivity index is 1.58. The van der Waals surface area contributed by atoms with E-state index in [2.05, 4.69) is 17.0 Å². The Morgan fingerprint density at radius 1 is 0.913 bits per heavy atom. The van der Waals surface area contributed by atoms with Crippen LogP contribution in [-0.2, 0) is 6.54 Å². The van der Waals surface area contributed by atoms with E-state index in [1.54, 1.807) is 4.90 Å². The molecule has 2 aromatic carbocycles. The predicted molar refractivity (Wildman–Crippen MR) is 84.0 cm³/mol. The monoisotopic (exact) mass is 316 g/mol. The Kier molecular flexibility index (Phi) is 4.67. The summed E-state index contributed by atoms with van der Waals surface area (Å²) in [7, 11) is 0. The van der Waals surface area contributed by atoms with Crippen LogP contribution < -0.4 is 0 Å². The van der Waals surface area contributed by atoms with Crippen molar-refractivity contribution in [3.05, 3.63) is 71.3 Å². The second kappa shape index (κ2) is 6.87. The predicted octanol–water partition coefficient (Wildman–Crippen LogP) is 2.92.